The molecule has 0 saturated heterocycles. The predicted molar refractivity (Wildman–Crippen MR) is 83.9 cm³/mol. The van der Waals surface area contributed by atoms with Gasteiger partial charge in [0.2, 0.25) is 0 Å². The first-order valence-electron chi connectivity index (χ1n) is 7.04. The molecule has 3 aromatic rings. The normalized spacial score (nSPS) is 10.3. The molecule has 0 aliphatic rings. The third kappa shape index (κ3) is 3.37. The van der Waals surface area contributed by atoms with Crippen molar-refractivity contribution in [3.63, 3.8) is 0 Å². The number of nitrogens with one attached hydrogen (secondary N) is 1. The Balaban J connectivity index is 1.75. The molecule has 0 atom stereocenters. The van der Waals surface area contributed by atoms with E-state index in [4.69, 9.17) is 9.15 Å². The summed E-state index contributed by atoms with van der Waals surface area (Å²) in [6.45, 7) is 0.250. The average Bonchev–Trinajstić information content (AvgIpc) is 3.14. The lowest BCUT2D eigenvalue weighted by Gasteiger charge is -2.08. The van der Waals surface area contributed by atoms with Crippen molar-refractivity contribution < 1.29 is 13.9 Å². The van der Waals surface area contributed by atoms with Crippen molar-refractivity contribution in [1.82, 2.24) is 15.3 Å². The van der Waals surface area contributed by atoms with Crippen LogP contribution in [0.1, 0.15) is 16.1 Å². The van der Waals surface area contributed by atoms with E-state index in [1.807, 2.05) is 0 Å². The van der Waals surface area contributed by atoms with Crippen LogP contribution in [0.3, 0.4) is 0 Å². The molecule has 0 fully saturated rings. The van der Waals surface area contributed by atoms with Crippen LogP contribution >= 0.6 is 0 Å². The fourth-order valence-corrected chi connectivity index (χ4v) is 2.15. The van der Waals surface area contributed by atoms with Gasteiger partial charge in [0.05, 0.1) is 25.6 Å². The van der Waals surface area contributed by atoms with Gasteiger partial charge in [-0.3, -0.25) is 9.78 Å². The number of ether oxygens (including phenoxy) is 1. The number of amides is 1. The van der Waals surface area contributed by atoms with Crippen LogP contribution in [-0.2, 0) is 6.54 Å². The van der Waals surface area contributed by atoms with Crippen LogP contribution in [0.5, 0.6) is 5.75 Å². The van der Waals surface area contributed by atoms with Crippen molar-refractivity contribution in [1.29, 1.82) is 0 Å². The lowest BCUT2D eigenvalue weighted by Crippen LogP contribution is -2.23. The van der Waals surface area contributed by atoms with Crippen molar-refractivity contribution in [2.24, 2.45) is 0 Å². The van der Waals surface area contributed by atoms with E-state index < -0.39 is 0 Å². The summed E-state index contributed by atoms with van der Waals surface area (Å²) in [6, 6.07) is 10.5. The molecule has 0 aliphatic heterocycles. The van der Waals surface area contributed by atoms with Crippen LogP contribution in [0.25, 0.3) is 11.5 Å². The van der Waals surface area contributed by atoms with Crippen LogP contribution in [0.4, 0.5) is 0 Å². The number of aromatic nitrogens is 2. The zero-order chi connectivity index (χ0) is 16.1. The Labute approximate surface area is 133 Å². The minimum atomic E-state index is -0.208. The summed E-state index contributed by atoms with van der Waals surface area (Å²) in [7, 11) is 1.56. The Morgan fingerprint density at radius 2 is 2.09 bits per heavy atom. The molecule has 0 aliphatic carbocycles. The first kappa shape index (κ1) is 14.8. The molecule has 116 valence electrons. The van der Waals surface area contributed by atoms with E-state index >= 15 is 0 Å². The van der Waals surface area contributed by atoms with E-state index in [1.54, 1.807) is 62.2 Å². The Hall–Kier alpha value is -3.15. The number of benzene rings is 1. The summed E-state index contributed by atoms with van der Waals surface area (Å²) < 4.78 is 10.5. The highest BCUT2D eigenvalue weighted by molar-refractivity contribution is 5.94. The molecular formula is C17H15N3O3. The maximum absolute atomic E-state index is 12.2. The summed E-state index contributed by atoms with van der Waals surface area (Å²) in [5.74, 6) is 1.04. The second kappa shape index (κ2) is 6.74. The summed E-state index contributed by atoms with van der Waals surface area (Å²) in [5, 5.41) is 2.83. The number of rotatable bonds is 5. The second-order valence-electron chi connectivity index (χ2n) is 4.74. The van der Waals surface area contributed by atoms with E-state index in [1.165, 1.54) is 0 Å². The topological polar surface area (TPSA) is 77.2 Å². The standard InChI is InChI=1S/C17H15N3O3/c1-22-13-5-2-4-12(10-13)17(21)20-11-14-16(19-8-7-18-14)15-6-3-9-23-15/h2-10H,11H2,1H3,(H,20,21). The molecule has 1 N–H and O–H groups in total. The highest BCUT2D eigenvalue weighted by atomic mass is 16.5. The molecule has 0 spiro atoms. The van der Waals surface area contributed by atoms with Gasteiger partial charge in [-0.25, -0.2) is 4.98 Å². The lowest BCUT2D eigenvalue weighted by molar-refractivity contribution is 0.0950. The van der Waals surface area contributed by atoms with Crippen molar-refractivity contribution in [2.45, 2.75) is 6.54 Å². The number of nitrogens with zero attached hydrogens (tertiary/aromatic N) is 2. The number of carbonyl (C=O) groups excluding carboxylic acids is 1. The molecule has 6 nitrogen and oxygen atoms in total. The third-order valence-electron chi connectivity index (χ3n) is 3.28. The molecular weight excluding hydrogens is 294 g/mol. The first-order chi connectivity index (χ1) is 11.3. The SMILES string of the molecule is COc1cccc(C(=O)NCc2nccnc2-c2ccco2)c1. The highest BCUT2D eigenvalue weighted by Crippen LogP contribution is 2.20. The molecule has 0 saturated carbocycles. The number of hydrogen-bond acceptors (Lipinski definition) is 5. The van der Waals surface area contributed by atoms with E-state index in [9.17, 15) is 4.79 Å². The Morgan fingerprint density at radius 3 is 2.87 bits per heavy atom. The Morgan fingerprint density at radius 1 is 1.22 bits per heavy atom. The van der Waals surface area contributed by atoms with Crippen LogP contribution in [0, 0.1) is 0 Å². The summed E-state index contributed by atoms with van der Waals surface area (Å²) >= 11 is 0. The molecule has 2 heterocycles. The van der Waals surface area contributed by atoms with Crippen molar-refractivity contribution in [2.75, 3.05) is 7.11 Å². The smallest absolute Gasteiger partial charge is 0.251 e. The van der Waals surface area contributed by atoms with Crippen molar-refractivity contribution in [3.8, 4) is 17.2 Å². The number of methoxy groups -OCH3 is 1. The van der Waals surface area contributed by atoms with Gasteiger partial charge >= 0.3 is 0 Å². The van der Waals surface area contributed by atoms with Gasteiger partial charge in [0, 0.05) is 18.0 Å². The number of hydrogen-bond donors (Lipinski definition) is 1. The van der Waals surface area contributed by atoms with Crippen LogP contribution in [0.2, 0.25) is 0 Å². The number of carbonyl (C=O) groups is 1. The third-order valence-corrected chi connectivity index (χ3v) is 3.28. The van der Waals surface area contributed by atoms with Gasteiger partial charge < -0.3 is 14.5 Å². The summed E-state index contributed by atoms with van der Waals surface area (Å²) in [6.07, 6.45) is 4.74. The zero-order valence-corrected chi connectivity index (χ0v) is 12.5. The fourth-order valence-electron chi connectivity index (χ4n) is 2.15. The van der Waals surface area contributed by atoms with Gasteiger partial charge in [0.15, 0.2) is 5.76 Å². The second-order valence-corrected chi connectivity index (χ2v) is 4.74. The number of furan rings is 1. The Bertz CT molecular complexity index is 800. The Kier molecular flexibility index (Phi) is 4.33. The van der Waals surface area contributed by atoms with E-state index in [0.717, 1.165) is 0 Å². The van der Waals surface area contributed by atoms with Crippen molar-refractivity contribution in [3.05, 3.63) is 66.3 Å². The molecule has 1 aromatic carbocycles. The van der Waals surface area contributed by atoms with Crippen LogP contribution in [-0.4, -0.2) is 23.0 Å². The minimum Gasteiger partial charge on any atom is -0.497 e. The molecule has 1 amide bonds. The first-order valence-corrected chi connectivity index (χ1v) is 7.04. The molecule has 3 rings (SSSR count). The molecule has 0 unspecified atom stereocenters. The van der Waals surface area contributed by atoms with Gasteiger partial charge in [-0.2, -0.15) is 0 Å². The van der Waals surface area contributed by atoms with E-state index in [2.05, 4.69) is 15.3 Å². The maximum atomic E-state index is 12.2. The average molecular weight is 309 g/mol. The van der Waals surface area contributed by atoms with Crippen LogP contribution < -0.4 is 10.1 Å². The monoisotopic (exact) mass is 309 g/mol. The highest BCUT2D eigenvalue weighted by Gasteiger charge is 2.12. The lowest BCUT2D eigenvalue weighted by atomic mass is 10.2. The largest absolute Gasteiger partial charge is 0.497 e. The summed E-state index contributed by atoms with van der Waals surface area (Å²) in [4.78, 5) is 20.8. The van der Waals surface area contributed by atoms with Gasteiger partial charge in [-0.1, -0.05) is 6.07 Å². The fraction of sp³-hybridized carbons (Fsp3) is 0.118. The maximum Gasteiger partial charge on any atom is 0.251 e. The summed E-state index contributed by atoms with van der Waals surface area (Å²) in [5.41, 5.74) is 1.77. The van der Waals surface area contributed by atoms with Gasteiger partial charge in [-0.05, 0) is 30.3 Å². The van der Waals surface area contributed by atoms with Gasteiger partial charge in [-0.15, -0.1) is 0 Å². The van der Waals surface area contributed by atoms with E-state index in [-0.39, 0.29) is 12.5 Å². The quantitative estimate of drug-likeness (QED) is 0.784. The molecule has 2 aromatic heterocycles. The molecule has 0 radical (unpaired) electrons. The zero-order valence-electron chi connectivity index (χ0n) is 12.5. The molecule has 6 heteroatoms. The van der Waals surface area contributed by atoms with Gasteiger partial charge in [0.25, 0.3) is 5.91 Å². The van der Waals surface area contributed by atoms with Crippen LogP contribution in [0.15, 0.2) is 59.5 Å². The van der Waals surface area contributed by atoms with Gasteiger partial charge in [0.1, 0.15) is 11.4 Å². The van der Waals surface area contributed by atoms with E-state index in [0.29, 0.717) is 28.5 Å². The minimum absolute atomic E-state index is 0.208. The molecule has 23 heavy (non-hydrogen) atoms. The van der Waals surface area contributed by atoms with Crippen molar-refractivity contribution >= 4 is 5.91 Å². The molecule has 0 bridgehead atoms. The predicted octanol–water partition coefficient (Wildman–Crippen LogP) is 2.68.